The molecule has 2 fully saturated rings. The van der Waals surface area contributed by atoms with Gasteiger partial charge in [0.2, 0.25) is 0 Å². The molecule has 7 heteroatoms. The zero-order chi connectivity index (χ0) is 22.1. The minimum atomic E-state index is -0.437. The molecule has 166 valence electrons. The highest BCUT2D eigenvalue weighted by Gasteiger charge is 2.43. The van der Waals surface area contributed by atoms with Crippen molar-refractivity contribution in [3.05, 3.63) is 28.8 Å². The Balaban J connectivity index is 1.43. The van der Waals surface area contributed by atoms with Gasteiger partial charge >= 0.3 is 6.09 Å². The fourth-order valence-electron chi connectivity index (χ4n) is 4.08. The van der Waals surface area contributed by atoms with Crippen molar-refractivity contribution in [2.45, 2.75) is 50.5 Å². The van der Waals surface area contributed by atoms with Crippen LogP contribution in [-0.4, -0.2) is 60.3 Å². The molecule has 2 amide bonds. The van der Waals surface area contributed by atoms with E-state index >= 15 is 0 Å². The molecule has 1 heterocycles. The minimum Gasteiger partial charge on any atom is -0.444 e. The van der Waals surface area contributed by atoms with Crippen molar-refractivity contribution in [2.75, 3.05) is 32.9 Å². The molecule has 1 saturated carbocycles. The third kappa shape index (κ3) is 6.07. The molecule has 2 atom stereocenters. The number of amides is 2. The van der Waals surface area contributed by atoms with Gasteiger partial charge in [0.15, 0.2) is 0 Å². The molecule has 1 saturated heterocycles. The minimum absolute atomic E-state index is 0.0727. The van der Waals surface area contributed by atoms with E-state index in [9.17, 15) is 9.59 Å². The Hall–Kier alpha value is -1.40. The number of benzene rings is 1. The number of ether oxygens (including phenoxy) is 1. The standard InChI is InChI=1S/C23H33ClN2O3S/c1-23(2,3)29-22(28)26-10-8-15(9-11-26)19-12-16(19)14-30-17-6-7-18(20(24)13-17)21(27)25(4)5/h6-7,13,15-16,19H,8-12,14H2,1-5H3/t16-,19+/m0/s1. The average Bonchev–Trinajstić information content (AvgIpc) is 3.44. The first-order chi connectivity index (χ1) is 14.0. The second kappa shape index (κ2) is 9.39. The van der Waals surface area contributed by atoms with Gasteiger partial charge in [-0.1, -0.05) is 11.6 Å². The first-order valence-corrected chi connectivity index (χ1v) is 12.0. The number of hydrogen-bond acceptors (Lipinski definition) is 4. The highest BCUT2D eigenvalue weighted by atomic mass is 35.5. The van der Waals surface area contributed by atoms with Gasteiger partial charge in [0.25, 0.3) is 5.91 Å². The molecular formula is C23H33ClN2O3S. The Kier molecular flexibility index (Phi) is 7.28. The summed E-state index contributed by atoms with van der Waals surface area (Å²) in [7, 11) is 3.46. The smallest absolute Gasteiger partial charge is 0.410 e. The largest absolute Gasteiger partial charge is 0.444 e. The van der Waals surface area contributed by atoms with Crippen LogP contribution in [0.4, 0.5) is 4.79 Å². The normalized spacial score (nSPS) is 22.0. The fraction of sp³-hybridized carbons (Fsp3) is 0.652. The summed E-state index contributed by atoms with van der Waals surface area (Å²) in [6.45, 7) is 7.32. The maximum atomic E-state index is 12.2. The van der Waals surface area contributed by atoms with Gasteiger partial charge < -0.3 is 14.5 Å². The van der Waals surface area contributed by atoms with Crippen LogP contribution in [0.15, 0.2) is 23.1 Å². The van der Waals surface area contributed by atoms with Crippen LogP contribution in [-0.2, 0) is 4.74 Å². The number of carbonyl (C=O) groups excluding carboxylic acids is 2. The summed E-state index contributed by atoms with van der Waals surface area (Å²) in [4.78, 5) is 28.8. The molecule has 1 aliphatic heterocycles. The van der Waals surface area contributed by atoms with Gasteiger partial charge in [-0.25, -0.2) is 4.79 Å². The monoisotopic (exact) mass is 452 g/mol. The Morgan fingerprint density at radius 2 is 1.90 bits per heavy atom. The molecule has 2 aliphatic rings. The lowest BCUT2D eigenvalue weighted by Crippen LogP contribution is -2.42. The topological polar surface area (TPSA) is 49.9 Å². The first-order valence-electron chi connectivity index (χ1n) is 10.7. The van der Waals surface area contributed by atoms with Gasteiger partial charge in [-0.05, 0) is 76.0 Å². The molecule has 30 heavy (non-hydrogen) atoms. The molecule has 5 nitrogen and oxygen atoms in total. The van der Waals surface area contributed by atoms with E-state index in [-0.39, 0.29) is 12.0 Å². The molecule has 1 aromatic carbocycles. The van der Waals surface area contributed by atoms with Crippen molar-refractivity contribution < 1.29 is 14.3 Å². The van der Waals surface area contributed by atoms with Crippen molar-refractivity contribution in [1.82, 2.24) is 9.80 Å². The lowest BCUT2D eigenvalue weighted by Gasteiger charge is -2.33. The number of thioether (sulfide) groups is 1. The van der Waals surface area contributed by atoms with Gasteiger partial charge in [-0.3, -0.25) is 4.79 Å². The van der Waals surface area contributed by atoms with E-state index < -0.39 is 5.60 Å². The van der Waals surface area contributed by atoms with Crippen LogP contribution in [0, 0.1) is 17.8 Å². The molecular weight excluding hydrogens is 420 g/mol. The second-order valence-electron chi connectivity index (χ2n) is 9.62. The predicted molar refractivity (Wildman–Crippen MR) is 122 cm³/mol. The lowest BCUT2D eigenvalue weighted by molar-refractivity contribution is 0.0174. The summed E-state index contributed by atoms with van der Waals surface area (Å²) >= 11 is 8.15. The van der Waals surface area contributed by atoms with Crippen molar-refractivity contribution >= 4 is 35.4 Å². The summed E-state index contributed by atoms with van der Waals surface area (Å²) in [5, 5.41) is 0.514. The van der Waals surface area contributed by atoms with Crippen LogP contribution >= 0.6 is 23.4 Å². The zero-order valence-corrected chi connectivity index (χ0v) is 20.2. The molecule has 1 aromatic rings. The third-order valence-electron chi connectivity index (χ3n) is 5.82. The molecule has 0 spiro atoms. The Morgan fingerprint density at radius 3 is 2.47 bits per heavy atom. The molecule has 1 aliphatic carbocycles. The van der Waals surface area contributed by atoms with E-state index in [1.807, 2.05) is 55.6 Å². The second-order valence-corrected chi connectivity index (χ2v) is 11.1. The van der Waals surface area contributed by atoms with Gasteiger partial charge in [-0.2, -0.15) is 0 Å². The van der Waals surface area contributed by atoms with Crippen molar-refractivity contribution in [1.29, 1.82) is 0 Å². The quantitative estimate of drug-likeness (QED) is 0.560. The van der Waals surface area contributed by atoms with E-state index in [0.717, 1.165) is 48.4 Å². The van der Waals surface area contributed by atoms with Crippen LogP contribution in [0.5, 0.6) is 0 Å². The van der Waals surface area contributed by atoms with Gasteiger partial charge in [0.05, 0.1) is 10.6 Å². The number of rotatable bonds is 5. The van der Waals surface area contributed by atoms with E-state index in [1.54, 1.807) is 14.1 Å². The van der Waals surface area contributed by atoms with E-state index in [0.29, 0.717) is 16.5 Å². The van der Waals surface area contributed by atoms with Gasteiger partial charge in [-0.15, -0.1) is 11.8 Å². The Labute approximate surface area is 189 Å². The predicted octanol–water partition coefficient (Wildman–Crippen LogP) is 5.42. The van der Waals surface area contributed by atoms with E-state index in [2.05, 4.69) is 0 Å². The average molecular weight is 453 g/mol. The molecule has 0 unspecified atom stereocenters. The number of likely N-dealkylation sites (tertiary alicyclic amines) is 1. The van der Waals surface area contributed by atoms with Crippen LogP contribution in [0.3, 0.4) is 0 Å². The van der Waals surface area contributed by atoms with Crippen LogP contribution < -0.4 is 0 Å². The molecule has 0 radical (unpaired) electrons. The summed E-state index contributed by atoms with van der Waals surface area (Å²) in [5.74, 6) is 3.21. The number of piperidine rings is 1. The maximum absolute atomic E-state index is 12.2. The summed E-state index contributed by atoms with van der Waals surface area (Å²) in [6.07, 6.45) is 3.22. The summed E-state index contributed by atoms with van der Waals surface area (Å²) in [5.41, 5.74) is 0.111. The number of carbonyl (C=O) groups is 2. The third-order valence-corrected chi connectivity index (χ3v) is 7.31. The van der Waals surface area contributed by atoms with Crippen molar-refractivity contribution in [3.8, 4) is 0 Å². The molecule has 0 N–H and O–H groups in total. The summed E-state index contributed by atoms with van der Waals surface area (Å²) < 4.78 is 5.49. The molecule has 0 bridgehead atoms. The summed E-state index contributed by atoms with van der Waals surface area (Å²) in [6, 6.07) is 5.72. The molecule has 3 rings (SSSR count). The van der Waals surface area contributed by atoms with Gasteiger partial charge in [0.1, 0.15) is 5.60 Å². The highest BCUT2D eigenvalue weighted by molar-refractivity contribution is 7.99. The van der Waals surface area contributed by atoms with E-state index in [1.165, 1.54) is 11.3 Å². The van der Waals surface area contributed by atoms with Gasteiger partial charge in [0, 0.05) is 37.8 Å². The number of halogens is 1. The van der Waals surface area contributed by atoms with Crippen LogP contribution in [0.1, 0.15) is 50.4 Å². The SMILES string of the molecule is CN(C)C(=O)c1ccc(SC[C@@H]2C[C@@H]2C2CCN(C(=O)OC(C)(C)C)CC2)cc1Cl. The number of hydrogen-bond donors (Lipinski definition) is 0. The highest BCUT2D eigenvalue weighted by Crippen LogP contribution is 2.50. The van der Waals surface area contributed by atoms with Crippen molar-refractivity contribution in [3.63, 3.8) is 0 Å². The van der Waals surface area contributed by atoms with Crippen molar-refractivity contribution in [2.24, 2.45) is 17.8 Å². The maximum Gasteiger partial charge on any atom is 0.410 e. The van der Waals surface area contributed by atoms with E-state index in [4.69, 9.17) is 16.3 Å². The Bertz CT molecular complexity index is 785. The molecule has 0 aromatic heterocycles. The Morgan fingerprint density at radius 1 is 1.23 bits per heavy atom. The zero-order valence-electron chi connectivity index (χ0n) is 18.6. The van der Waals surface area contributed by atoms with Crippen LogP contribution in [0.2, 0.25) is 5.02 Å². The lowest BCUT2D eigenvalue weighted by atomic mass is 9.91. The van der Waals surface area contributed by atoms with Crippen LogP contribution in [0.25, 0.3) is 0 Å². The number of nitrogens with zero attached hydrogens (tertiary/aromatic N) is 2. The fourth-order valence-corrected chi connectivity index (χ4v) is 5.56. The first kappa shape index (κ1) is 23.3.